The van der Waals surface area contributed by atoms with Crippen LogP contribution in [0, 0.1) is 5.92 Å². The van der Waals surface area contributed by atoms with Crippen molar-refractivity contribution in [1.29, 1.82) is 0 Å². The average Bonchev–Trinajstić information content (AvgIpc) is 2.84. The van der Waals surface area contributed by atoms with Crippen LogP contribution in [0.1, 0.15) is 38.5 Å². The quantitative estimate of drug-likeness (QED) is 0.800. The molecule has 0 aromatic heterocycles. The molecule has 2 heterocycles. The Kier molecular flexibility index (Phi) is 3.41. The first-order valence-corrected chi connectivity index (χ1v) is 7.71. The molecule has 3 unspecified atom stereocenters. The SMILES string of the molecule is CN(CC1CC2CCC1N2)CC1(N(C)C)CCC1. The summed E-state index contributed by atoms with van der Waals surface area (Å²) in [6, 6.07) is 1.68. The summed E-state index contributed by atoms with van der Waals surface area (Å²) in [4.78, 5) is 5.07. The number of fused-ring (bicyclic) bond motifs is 2. The highest BCUT2D eigenvalue weighted by Gasteiger charge is 2.42. The van der Waals surface area contributed by atoms with Gasteiger partial charge in [-0.25, -0.2) is 0 Å². The summed E-state index contributed by atoms with van der Waals surface area (Å²) in [5.41, 5.74) is 0.486. The van der Waals surface area contributed by atoms with Crippen LogP contribution in [0.3, 0.4) is 0 Å². The van der Waals surface area contributed by atoms with Crippen molar-refractivity contribution in [3.63, 3.8) is 0 Å². The van der Waals surface area contributed by atoms with E-state index in [0.717, 1.165) is 18.0 Å². The summed E-state index contributed by atoms with van der Waals surface area (Å²) in [5, 5.41) is 3.76. The third-order valence-electron chi connectivity index (χ3n) is 5.78. The molecule has 3 rings (SSSR count). The van der Waals surface area contributed by atoms with Gasteiger partial charge in [-0.2, -0.15) is 0 Å². The first kappa shape index (κ1) is 12.9. The third kappa shape index (κ3) is 2.21. The van der Waals surface area contributed by atoms with Crippen LogP contribution in [0.4, 0.5) is 0 Å². The van der Waals surface area contributed by atoms with Gasteiger partial charge in [-0.05, 0) is 65.6 Å². The van der Waals surface area contributed by atoms with Crippen molar-refractivity contribution in [3.8, 4) is 0 Å². The Labute approximate surface area is 112 Å². The maximum atomic E-state index is 3.76. The number of nitrogens with zero attached hydrogens (tertiary/aromatic N) is 2. The molecule has 0 aromatic rings. The van der Waals surface area contributed by atoms with Crippen molar-refractivity contribution in [2.24, 2.45) is 5.92 Å². The number of hydrogen-bond donors (Lipinski definition) is 1. The minimum absolute atomic E-state index is 0.486. The van der Waals surface area contributed by atoms with Crippen LogP contribution >= 0.6 is 0 Å². The molecule has 104 valence electrons. The lowest BCUT2D eigenvalue weighted by Gasteiger charge is -2.49. The average molecular weight is 251 g/mol. The van der Waals surface area contributed by atoms with Gasteiger partial charge in [0.05, 0.1) is 0 Å². The van der Waals surface area contributed by atoms with E-state index in [1.165, 1.54) is 51.6 Å². The van der Waals surface area contributed by atoms with Gasteiger partial charge in [0.15, 0.2) is 0 Å². The van der Waals surface area contributed by atoms with Gasteiger partial charge in [-0.1, -0.05) is 0 Å². The van der Waals surface area contributed by atoms with Gasteiger partial charge in [0.2, 0.25) is 0 Å². The fraction of sp³-hybridized carbons (Fsp3) is 1.00. The Hall–Kier alpha value is -0.120. The van der Waals surface area contributed by atoms with Crippen LogP contribution in [-0.2, 0) is 0 Å². The Morgan fingerprint density at radius 2 is 1.94 bits per heavy atom. The Morgan fingerprint density at radius 1 is 1.17 bits per heavy atom. The summed E-state index contributed by atoms with van der Waals surface area (Å²) in [5.74, 6) is 0.910. The summed E-state index contributed by atoms with van der Waals surface area (Å²) in [6.45, 7) is 2.55. The number of nitrogens with one attached hydrogen (secondary N) is 1. The molecule has 3 atom stereocenters. The smallest absolute Gasteiger partial charge is 0.0330 e. The predicted octanol–water partition coefficient (Wildman–Crippen LogP) is 1.54. The second kappa shape index (κ2) is 4.77. The van der Waals surface area contributed by atoms with Gasteiger partial charge in [-0.15, -0.1) is 0 Å². The van der Waals surface area contributed by atoms with Crippen molar-refractivity contribution in [2.45, 2.75) is 56.1 Å². The van der Waals surface area contributed by atoms with Crippen LogP contribution < -0.4 is 5.32 Å². The molecule has 1 N–H and O–H groups in total. The zero-order chi connectivity index (χ0) is 12.8. The molecular formula is C15H29N3. The number of likely N-dealkylation sites (N-methyl/N-ethyl adjacent to an activating group) is 2. The lowest BCUT2D eigenvalue weighted by atomic mass is 9.75. The fourth-order valence-electron chi connectivity index (χ4n) is 4.44. The van der Waals surface area contributed by atoms with E-state index in [0.29, 0.717) is 5.54 Å². The van der Waals surface area contributed by atoms with E-state index in [1.807, 2.05) is 0 Å². The highest BCUT2D eigenvalue weighted by atomic mass is 15.2. The van der Waals surface area contributed by atoms with E-state index in [-0.39, 0.29) is 0 Å². The maximum Gasteiger partial charge on any atom is 0.0330 e. The second-order valence-corrected chi connectivity index (χ2v) is 7.21. The monoisotopic (exact) mass is 251 g/mol. The zero-order valence-electron chi connectivity index (χ0n) is 12.3. The second-order valence-electron chi connectivity index (χ2n) is 7.21. The standard InChI is InChI=1S/C15H29N3/c1-17(2)15(7-4-8-15)11-18(3)10-12-9-13-5-6-14(12)16-13/h12-14,16H,4-11H2,1-3H3. The van der Waals surface area contributed by atoms with Gasteiger partial charge in [-0.3, -0.25) is 0 Å². The molecule has 0 amide bonds. The molecule has 1 aliphatic carbocycles. The van der Waals surface area contributed by atoms with E-state index < -0.39 is 0 Å². The largest absolute Gasteiger partial charge is 0.311 e. The number of rotatable bonds is 5. The fourth-order valence-corrected chi connectivity index (χ4v) is 4.44. The summed E-state index contributed by atoms with van der Waals surface area (Å²) >= 11 is 0. The molecule has 1 saturated carbocycles. The van der Waals surface area contributed by atoms with Crippen molar-refractivity contribution in [2.75, 3.05) is 34.2 Å². The molecule has 2 saturated heterocycles. The van der Waals surface area contributed by atoms with Gasteiger partial charge in [0.25, 0.3) is 0 Å². The highest BCUT2D eigenvalue weighted by molar-refractivity contribution is 5.01. The molecule has 0 radical (unpaired) electrons. The zero-order valence-corrected chi connectivity index (χ0v) is 12.3. The summed E-state index contributed by atoms with van der Waals surface area (Å²) in [6.07, 6.45) is 8.46. The Morgan fingerprint density at radius 3 is 2.39 bits per heavy atom. The summed E-state index contributed by atoms with van der Waals surface area (Å²) < 4.78 is 0. The van der Waals surface area contributed by atoms with Crippen molar-refractivity contribution < 1.29 is 0 Å². The van der Waals surface area contributed by atoms with Crippen LogP contribution in [0.5, 0.6) is 0 Å². The maximum absolute atomic E-state index is 3.76. The molecular weight excluding hydrogens is 222 g/mol. The Balaban J connectivity index is 1.51. The highest BCUT2D eigenvalue weighted by Crippen LogP contribution is 2.38. The van der Waals surface area contributed by atoms with Crippen LogP contribution in [0.15, 0.2) is 0 Å². The lowest BCUT2D eigenvalue weighted by molar-refractivity contribution is 0.0231. The first-order valence-electron chi connectivity index (χ1n) is 7.71. The van der Waals surface area contributed by atoms with E-state index in [2.05, 4.69) is 36.3 Å². The third-order valence-corrected chi connectivity index (χ3v) is 5.78. The number of hydrogen-bond acceptors (Lipinski definition) is 3. The normalized spacial score (nSPS) is 37.5. The molecule has 3 aliphatic rings. The van der Waals surface area contributed by atoms with Crippen molar-refractivity contribution in [1.82, 2.24) is 15.1 Å². The molecule has 3 heteroatoms. The van der Waals surface area contributed by atoms with Crippen molar-refractivity contribution in [3.05, 3.63) is 0 Å². The van der Waals surface area contributed by atoms with Crippen molar-refractivity contribution >= 4 is 0 Å². The van der Waals surface area contributed by atoms with E-state index >= 15 is 0 Å². The first-order chi connectivity index (χ1) is 8.59. The van der Waals surface area contributed by atoms with E-state index in [9.17, 15) is 0 Å². The van der Waals surface area contributed by atoms with Crippen LogP contribution in [-0.4, -0.2) is 61.7 Å². The Bertz CT molecular complexity index is 298. The van der Waals surface area contributed by atoms with Crippen LogP contribution in [0.2, 0.25) is 0 Å². The molecule has 18 heavy (non-hydrogen) atoms. The topological polar surface area (TPSA) is 18.5 Å². The van der Waals surface area contributed by atoms with Gasteiger partial charge >= 0.3 is 0 Å². The summed E-state index contributed by atoms with van der Waals surface area (Å²) in [7, 11) is 6.84. The van der Waals surface area contributed by atoms with Gasteiger partial charge in [0, 0.05) is 30.7 Å². The van der Waals surface area contributed by atoms with Gasteiger partial charge in [0.1, 0.15) is 0 Å². The predicted molar refractivity (Wildman–Crippen MR) is 75.8 cm³/mol. The minimum Gasteiger partial charge on any atom is -0.311 e. The molecule has 2 aliphatic heterocycles. The lowest BCUT2D eigenvalue weighted by Crippen LogP contribution is -2.57. The molecule has 3 nitrogen and oxygen atoms in total. The van der Waals surface area contributed by atoms with Gasteiger partial charge < -0.3 is 15.1 Å². The van der Waals surface area contributed by atoms with E-state index in [1.54, 1.807) is 0 Å². The molecule has 2 bridgehead atoms. The molecule has 3 fully saturated rings. The van der Waals surface area contributed by atoms with E-state index in [4.69, 9.17) is 0 Å². The molecule has 0 aromatic carbocycles. The molecule has 0 spiro atoms. The minimum atomic E-state index is 0.486. The van der Waals surface area contributed by atoms with Crippen LogP contribution in [0.25, 0.3) is 0 Å².